The van der Waals surface area contributed by atoms with Crippen LogP contribution < -0.4 is 5.32 Å². The predicted octanol–water partition coefficient (Wildman–Crippen LogP) is 4.31. The lowest BCUT2D eigenvalue weighted by molar-refractivity contribution is 0.0654. The number of carbonyl (C=O) groups excluding carboxylic acids is 1. The van der Waals surface area contributed by atoms with Crippen molar-refractivity contribution < 1.29 is 13.9 Å². The molecule has 2 atom stereocenters. The molecule has 0 aromatic carbocycles. The van der Waals surface area contributed by atoms with Crippen molar-refractivity contribution in [3.05, 3.63) is 60.9 Å². The van der Waals surface area contributed by atoms with Gasteiger partial charge in [-0.25, -0.2) is 0 Å². The minimum Gasteiger partial charge on any atom is -0.451 e. The lowest BCUT2D eigenvalue weighted by Gasteiger charge is -2.11. The number of pyridine rings is 1. The number of ether oxygens (including phenoxy) is 1. The van der Waals surface area contributed by atoms with Crippen LogP contribution in [0.15, 0.2) is 59.5 Å². The maximum atomic E-state index is 12.9. The maximum absolute atomic E-state index is 12.9. The van der Waals surface area contributed by atoms with Crippen LogP contribution in [0.25, 0.3) is 22.7 Å². The lowest BCUT2D eigenvalue weighted by atomic mass is 10.2. The molecule has 0 aliphatic heterocycles. The Kier molecular flexibility index (Phi) is 5.55. The molecule has 0 bridgehead atoms. The van der Waals surface area contributed by atoms with Gasteiger partial charge in [-0.3, -0.25) is 19.6 Å². The summed E-state index contributed by atoms with van der Waals surface area (Å²) >= 11 is 0. The van der Waals surface area contributed by atoms with Crippen LogP contribution in [-0.4, -0.2) is 43.6 Å². The molecule has 4 aromatic heterocycles. The second-order valence-electron chi connectivity index (χ2n) is 7.74. The van der Waals surface area contributed by atoms with Crippen molar-refractivity contribution in [2.24, 2.45) is 0 Å². The van der Waals surface area contributed by atoms with E-state index in [0.717, 1.165) is 24.8 Å². The van der Waals surface area contributed by atoms with E-state index in [0.29, 0.717) is 29.4 Å². The van der Waals surface area contributed by atoms with E-state index in [9.17, 15) is 4.79 Å². The SMILES string of the molecule is CCOC1CCC(n2cc(NC(=O)c3ccc(-c4cn[nH]c4)o3)c(-c3ccccn3)n2)C1. The number of anilines is 1. The Morgan fingerprint density at radius 3 is 3.03 bits per heavy atom. The first-order chi connectivity index (χ1) is 15.7. The van der Waals surface area contributed by atoms with Gasteiger partial charge in [0.15, 0.2) is 5.76 Å². The molecule has 0 spiro atoms. The van der Waals surface area contributed by atoms with Gasteiger partial charge in [0.25, 0.3) is 5.91 Å². The van der Waals surface area contributed by atoms with Crippen LogP contribution in [0.2, 0.25) is 0 Å². The number of nitrogens with zero attached hydrogens (tertiary/aromatic N) is 4. The van der Waals surface area contributed by atoms with E-state index >= 15 is 0 Å². The first kappa shape index (κ1) is 20.2. The molecule has 0 radical (unpaired) electrons. The molecular weight excluding hydrogens is 408 g/mol. The topological polar surface area (TPSA) is 111 Å². The Hall–Kier alpha value is -3.72. The van der Waals surface area contributed by atoms with Gasteiger partial charge in [-0.2, -0.15) is 10.2 Å². The van der Waals surface area contributed by atoms with Crippen LogP contribution in [0, 0.1) is 0 Å². The van der Waals surface area contributed by atoms with Crippen LogP contribution >= 0.6 is 0 Å². The van der Waals surface area contributed by atoms with E-state index in [2.05, 4.69) is 20.5 Å². The van der Waals surface area contributed by atoms with Gasteiger partial charge in [-0.15, -0.1) is 0 Å². The van der Waals surface area contributed by atoms with E-state index in [1.54, 1.807) is 30.7 Å². The van der Waals surface area contributed by atoms with Gasteiger partial charge in [-0.05, 0) is 50.5 Å². The fraction of sp³-hybridized carbons (Fsp3) is 0.304. The molecule has 164 valence electrons. The second-order valence-corrected chi connectivity index (χ2v) is 7.74. The first-order valence-corrected chi connectivity index (χ1v) is 10.7. The number of rotatable bonds is 7. The maximum Gasteiger partial charge on any atom is 0.291 e. The third-order valence-electron chi connectivity index (χ3n) is 5.63. The number of aromatic amines is 1. The number of amides is 1. The second kappa shape index (κ2) is 8.80. The van der Waals surface area contributed by atoms with E-state index < -0.39 is 0 Å². The predicted molar refractivity (Wildman–Crippen MR) is 118 cm³/mol. The molecular formula is C23H24N6O3. The summed E-state index contributed by atoms with van der Waals surface area (Å²) < 4.78 is 13.4. The monoisotopic (exact) mass is 432 g/mol. The summed E-state index contributed by atoms with van der Waals surface area (Å²) in [4.78, 5) is 17.4. The molecule has 4 heterocycles. The van der Waals surface area contributed by atoms with Crippen LogP contribution in [0.1, 0.15) is 42.8 Å². The number of hydrogen-bond acceptors (Lipinski definition) is 6. The van der Waals surface area contributed by atoms with Crippen molar-refractivity contribution in [1.29, 1.82) is 0 Å². The fourth-order valence-electron chi connectivity index (χ4n) is 4.09. The molecule has 2 unspecified atom stereocenters. The average molecular weight is 432 g/mol. The van der Waals surface area contributed by atoms with Crippen molar-refractivity contribution in [2.45, 2.75) is 38.3 Å². The minimum absolute atomic E-state index is 0.207. The zero-order chi connectivity index (χ0) is 21.9. The smallest absolute Gasteiger partial charge is 0.291 e. The van der Waals surface area contributed by atoms with Gasteiger partial charge in [0.2, 0.25) is 0 Å². The number of furan rings is 1. The molecule has 9 nitrogen and oxygen atoms in total. The van der Waals surface area contributed by atoms with Crippen LogP contribution in [0.4, 0.5) is 5.69 Å². The van der Waals surface area contributed by atoms with E-state index in [1.807, 2.05) is 36.0 Å². The quantitative estimate of drug-likeness (QED) is 0.450. The first-order valence-electron chi connectivity index (χ1n) is 10.7. The number of hydrogen-bond donors (Lipinski definition) is 2. The summed E-state index contributed by atoms with van der Waals surface area (Å²) in [5.74, 6) is 0.422. The minimum atomic E-state index is -0.352. The summed E-state index contributed by atoms with van der Waals surface area (Å²) in [6.45, 7) is 2.72. The van der Waals surface area contributed by atoms with Crippen molar-refractivity contribution in [2.75, 3.05) is 11.9 Å². The summed E-state index contributed by atoms with van der Waals surface area (Å²) in [6, 6.07) is 9.24. The standard InChI is InChI=1S/C23H24N6O3/c1-2-31-17-7-6-16(11-17)29-14-19(22(28-29)18-5-3-4-10-24-18)27-23(30)21-9-8-20(32-21)15-12-25-26-13-15/h3-5,8-10,12-14,16-17H,2,6-7,11H2,1H3,(H,25,26)(H,27,30). The summed E-state index contributed by atoms with van der Waals surface area (Å²) in [5, 5.41) is 14.4. The molecule has 32 heavy (non-hydrogen) atoms. The number of H-pyrrole nitrogens is 1. The largest absolute Gasteiger partial charge is 0.451 e. The normalized spacial score (nSPS) is 18.2. The van der Waals surface area contributed by atoms with Crippen LogP contribution in [0.5, 0.6) is 0 Å². The summed E-state index contributed by atoms with van der Waals surface area (Å²) in [5.41, 5.74) is 2.69. The Balaban J connectivity index is 1.41. The zero-order valence-corrected chi connectivity index (χ0v) is 17.7. The highest BCUT2D eigenvalue weighted by molar-refractivity contribution is 6.04. The molecule has 1 aliphatic carbocycles. The van der Waals surface area contributed by atoms with E-state index in [4.69, 9.17) is 14.3 Å². The van der Waals surface area contributed by atoms with Gasteiger partial charge in [0.05, 0.1) is 35.3 Å². The van der Waals surface area contributed by atoms with Gasteiger partial charge in [-0.1, -0.05) is 6.07 Å². The van der Waals surface area contributed by atoms with Gasteiger partial charge in [0, 0.05) is 25.2 Å². The molecule has 1 aliphatic rings. The van der Waals surface area contributed by atoms with Crippen LogP contribution in [-0.2, 0) is 4.74 Å². The van der Waals surface area contributed by atoms with Crippen LogP contribution in [0.3, 0.4) is 0 Å². The summed E-state index contributed by atoms with van der Waals surface area (Å²) in [6.07, 6.45) is 10.1. The molecule has 0 saturated heterocycles. The van der Waals surface area contributed by atoms with E-state index in [-0.39, 0.29) is 23.8 Å². The van der Waals surface area contributed by atoms with Gasteiger partial charge in [0.1, 0.15) is 11.5 Å². The van der Waals surface area contributed by atoms with Gasteiger partial charge < -0.3 is 14.5 Å². The molecule has 2 N–H and O–H groups in total. The highest BCUT2D eigenvalue weighted by Gasteiger charge is 2.28. The fourth-order valence-corrected chi connectivity index (χ4v) is 4.09. The Labute approximate surface area is 184 Å². The highest BCUT2D eigenvalue weighted by atomic mass is 16.5. The van der Waals surface area contributed by atoms with Gasteiger partial charge >= 0.3 is 0 Å². The Morgan fingerprint density at radius 1 is 1.31 bits per heavy atom. The Morgan fingerprint density at radius 2 is 2.25 bits per heavy atom. The molecule has 1 amide bonds. The average Bonchev–Trinajstić information content (AvgIpc) is 3.61. The Bertz CT molecular complexity index is 1180. The third kappa shape index (κ3) is 4.06. The third-order valence-corrected chi connectivity index (χ3v) is 5.63. The molecule has 4 aromatic rings. The summed E-state index contributed by atoms with van der Waals surface area (Å²) in [7, 11) is 0. The van der Waals surface area contributed by atoms with Crippen molar-refractivity contribution in [3.63, 3.8) is 0 Å². The van der Waals surface area contributed by atoms with Crippen molar-refractivity contribution >= 4 is 11.6 Å². The number of aromatic nitrogens is 5. The molecule has 9 heteroatoms. The lowest BCUT2D eigenvalue weighted by Crippen LogP contribution is -2.12. The highest BCUT2D eigenvalue weighted by Crippen LogP contribution is 2.35. The molecule has 1 fully saturated rings. The molecule has 1 saturated carbocycles. The number of nitrogens with one attached hydrogen (secondary N) is 2. The van der Waals surface area contributed by atoms with Crippen molar-refractivity contribution in [3.8, 4) is 22.7 Å². The number of carbonyl (C=O) groups is 1. The molecule has 5 rings (SSSR count). The van der Waals surface area contributed by atoms with E-state index in [1.165, 1.54) is 0 Å². The van der Waals surface area contributed by atoms with Crippen molar-refractivity contribution in [1.82, 2.24) is 25.0 Å². The zero-order valence-electron chi connectivity index (χ0n) is 17.7.